The number of Topliss-reactive ketones (excluding diaryl/α,β-unsaturated/α-hetero) is 1. The van der Waals surface area contributed by atoms with E-state index < -0.39 is 0 Å². The Morgan fingerprint density at radius 2 is 2.08 bits per heavy atom. The van der Waals surface area contributed by atoms with Gasteiger partial charge in [-0.25, -0.2) is 0 Å². The lowest BCUT2D eigenvalue weighted by Crippen LogP contribution is -2.01. The fraction of sp³-hybridized carbons (Fsp3) is 0.250. The largest absolute Gasteiger partial charge is 0.295 e. The van der Waals surface area contributed by atoms with Gasteiger partial charge in [0.2, 0.25) is 0 Å². The lowest BCUT2D eigenvalue weighted by Gasteiger charge is -2.14. The quantitative estimate of drug-likeness (QED) is 0.583. The molecule has 3 rings (SSSR count). The summed E-state index contributed by atoms with van der Waals surface area (Å²) in [7, 11) is 0. The normalized spacial score (nSPS) is 24.2. The maximum absolute atomic E-state index is 11.5. The van der Waals surface area contributed by atoms with Crippen molar-refractivity contribution in [3.63, 3.8) is 0 Å². The predicted octanol–water partition coefficient (Wildman–Crippen LogP) is 2.23. The number of hydrogen-bond acceptors (Lipinski definition) is 1. The highest BCUT2D eigenvalue weighted by atomic mass is 16.1. The van der Waals surface area contributed by atoms with Gasteiger partial charge >= 0.3 is 0 Å². The molecular formula is C12H10O. The van der Waals surface area contributed by atoms with Crippen LogP contribution in [-0.2, 0) is 11.2 Å². The number of fused-ring (bicyclic) bond motifs is 3. The number of ketones is 1. The van der Waals surface area contributed by atoms with E-state index in [1.165, 1.54) is 11.1 Å². The summed E-state index contributed by atoms with van der Waals surface area (Å²) in [5.74, 6) is 0.730. The molecule has 2 aliphatic rings. The average Bonchev–Trinajstić information content (AvgIpc) is 2.44. The molecule has 0 radical (unpaired) electrons. The molecule has 0 saturated carbocycles. The summed E-state index contributed by atoms with van der Waals surface area (Å²) >= 11 is 0. The van der Waals surface area contributed by atoms with Gasteiger partial charge in [-0.2, -0.15) is 0 Å². The third-order valence-electron chi connectivity index (χ3n) is 3.00. The van der Waals surface area contributed by atoms with Gasteiger partial charge in [0.15, 0.2) is 5.78 Å². The number of carbonyl (C=O) groups is 1. The van der Waals surface area contributed by atoms with E-state index in [4.69, 9.17) is 0 Å². The van der Waals surface area contributed by atoms with Gasteiger partial charge in [0, 0.05) is 18.8 Å². The van der Waals surface area contributed by atoms with E-state index in [2.05, 4.69) is 30.3 Å². The average molecular weight is 170 g/mol. The van der Waals surface area contributed by atoms with Crippen LogP contribution in [0.2, 0.25) is 0 Å². The van der Waals surface area contributed by atoms with E-state index in [1.807, 2.05) is 0 Å². The fourth-order valence-electron chi connectivity index (χ4n) is 2.34. The highest BCUT2D eigenvalue weighted by Gasteiger charge is 2.30. The lowest BCUT2D eigenvalue weighted by atomic mass is 9.89. The van der Waals surface area contributed by atoms with Gasteiger partial charge in [-0.05, 0) is 16.7 Å². The zero-order valence-corrected chi connectivity index (χ0v) is 7.29. The molecule has 1 aromatic carbocycles. The molecule has 1 nitrogen and oxygen atoms in total. The summed E-state index contributed by atoms with van der Waals surface area (Å²) in [5.41, 5.74) is 3.73. The monoisotopic (exact) mass is 170 g/mol. The highest BCUT2D eigenvalue weighted by Crippen LogP contribution is 2.38. The Balaban J connectivity index is 2.17. The zero-order valence-electron chi connectivity index (χ0n) is 7.29. The van der Waals surface area contributed by atoms with Crippen LogP contribution in [0.1, 0.15) is 23.5 Å². The Morgan fingerprint density at radius 1 is 1.23 bits per heavy atom. The lowest BCUT2D eigenvalue weighted by molar-refractivity contribution is -0.115. The molecule has 13 heavy (non-hydrogen) atoms. The van der Waals surface area contributed by atoms with Gasteiger partial charge in [0.25, 0.3) is 0 Å². The summed E-state index contributed by atoms with van der Waals surface area (Å²) < 4.78 is 0. The summed E-state index contributed by atoms with van der Waals surface area (Å²) in [6.07, 6.45) is 3.70. The molecule has 64 valence electrons. The Kier molecular flexibility index (Phi) is 1.26. The van der Waals surface area contributed by atoms with Crippen LogP contribution in [0.4, 0.5) is 0 Å². The van der Waals surface area contributed by atoms with Crippen LogP contribution in [0.15, 0.2) is 35.9 Å². The molecule has 2 bridgehead atoms. The molecule has 1 heteroatoms. The van der Waals surface area contributed by atoms with Crippen LogP contribution in [0, 0.1) is 0 Å². The molecule has 1 aromatic rings. The van der Waals surface area contributed by atoms with Crippen LogP contribution >= 0.6 is 0 Å². The van der Waals surface area contributed by atoms with Gasteiger partial charge in [-0.15, -0.1) is 0 Å². The number of hydrogen-bond donors (Lipinski definition) is 0. The topological polar surface area (TPSA) is 17.1 Å². The Bertz CT molecular complexity index is 415. The van der Waals surface area contributed by atoms with Gasteiger partial charge < -0.3 is 0 Å². The second-order valence-corrected chi connectivity index (χ2v) is 3.80. The number of carbonyl (C=O) groups excluding carboxylic acids is 1. The zero-order chi connectivity index (χ0) is 8.84. The van der Waals surface area contributed by atoms with Crippen LogP contribution in [0.25, 0.3) is 0 Å². The van der Waals surface area contributed by atoms with E-state index in [-0.39, 0.29) is 0 Å². The van der Waals surface area contributed by atoms with Crippen LogP contribution < -0.4 is 0 Å². The van der Waals surface area contributed by atoms with Crippen LogP contribution in [0.5, 0.6) is 0 Å². The molecule has 0 fully saturated rings. The minimum Gasteiger partial charge on any atom is -0.295 e. The molecule has 0 heterocycles. The minimum atomic E-state index is 0.348. The van der Waals surface area contributed by atoms with E-state index in [0.717, 1.165) is 12.0 Å². The Hall–Kier alpha value is -1.37. The molecule has 0 N–H and O–H groups in total. The van der Waals surface area contributed by atoms with Crippen molar-refractivity contribution in [2.24, 2.45) is 0 Å². The van der Waals surface area contributed by atoms with E-state index >= 15 is 0 Å². The maximum atomic E-state index is 11.5. The molecule has 0 amide bonds. The number of allylic oxidation sites excluding steroid dienone is 2. The highest BCUT2D eigenvalue weighted by molar-refractivity contribution is 6.00. The second kappa shape index (κ2) is 2.32. The Morgan fingerprint density at radius 3 is 3.00 bits per heavy atom. The first-order chi connectivity index (χ1) is 6.34. The fourth-order valence-corrected chi connectivity index (χ4v) is 2.34. The summed E-state index contributed by atoms with van der Waals surface area (Å²) in [4.78, 5) is 11.5. The van der Waals surface area contributed by atoms with Gasteiger partial charge in [0.05, 0.1) is 0 Å². The van der Waals surface area contributed by atoms with Gasteiger partial charge in [-0.1, -0.05) is 30.3 Å². The molecular weight excluding hydrogens is 160 g/mol. The number of rotatable bonds is 0. The van der Waals surface area contributed by atoms with E-state index in [9.17, 15) is 4.79 Å². The predicted molar refractivity (Wildman–Crippen MR) is 50.6 cm³/mol. The van der Waals surface area contributed by atoms with Crippen molar-refractivity contribution >= 4 is 5.78 Å². The molecule has 0 saturated heterocycles. The van der Waals surface area contributed by atoms with Gasteiger partial charge in [-0.3, -0.25) is 4.79 Å². The standard InChI is InChI=1S/C12H10O/c13-12-7-9-6-10(12)5-8-3-1-2-4-11(8)9/h1-4,6,9H,5,7H2. The molecule has 0 spiro atoms. The first-order valence-electron chi connectivity index (χ1n) is 4.66. The first kappa shape index (κ1) is 7.07. The summed E-state index contributed by atoms with van der Waals surface area (Å²) in [6, 6.07) is 8.38. The van der Waals surface area contributed by atoms with Crippen molar-refractivity contribution in [2.45, 2.75) is 18.8 Å². The number of benzene rings is 1. The van der Waals surface area contributed by atoms with Crippen molar-refractivity contribution in [2.75, 3.05) is 0 Å². The van der Waals surface area contributed by atoms with Crippen LogP contribution in [-0.4, -0.2) is 5.78 Å². The van der Waals surface area contributed by atoms with Crippen molar-refractivity contribution in [1.29, 1.82) is 0 Å². The van der Waals surface area contributed by atoms with Crippen molar-refractivity contribution < 1.29 is 4.79 Å². The maximum Gasteiger partial charge on any atom is 0.159 e. The van der Waals surface area contributed by atoms with E-state index in [1.54, 1.807) is 0 Å². The van der Waals surface area contributed by atoms with E-state index in [0.29, 0.717) is 18.1 Å². The molecule has 1 atom stereocenters. The smallest absolute Gasteiger partial charge is 0.159 e. The molecule has 2 aliphatic carbocycles. The summed E-state index contributed by atoms with van der Waals surface area (Å²) in [6.45, 7) is 0. The SMILES string of the molecule is O=C1CC2C=C1Cc1ccccc12. The van der Waals surface area contributed by atoms with Crippen molar-refractivity contribution in [1.82, 2.24) is 0 Å². The third kappa shape index (κ3) is 0.902. The van der Waals surface area contributed by atoms with Crippen LogP contribution in [0.3, 0.4) is 0 Å². The first-order valence-corrected chi connectivity index (χ1v) is 4.66. The molecule has 0 aliphatic heterocycles. The van der Waals surface area contributed by atoms with Crippen molar-refractivity contribution in [3.05, 3.63) is 47.0 Å². The minimum absolute atomic E-state index is 0.348. The van der Waals surface area contributed by atoms with Gasteiger partial charge in [0.1, 0.15) is 0 Å². The molecule has 0 aromatic heterocycles. The second-order valence-electron chi connectivity index (χ2n) is 3.80. The third-order valence-corrected chi connectivity index (χ3v) is 3.00. The summed E-state index contributed by atoms with van der Waals surface area (Å²) in [5, 5.41) is 0. The Labute approximate surface area is 77.1 Å². The molecule has 1 unspecified atom stereocenters. The van der Waals surface area contributed by atoms with Crippen molar-refractivity contribution in [3.8, 4) is 0 Å².